The van der Waals surface area contributed by atoms with Crippen LogP contribution in [0.5, 0.6) is 0 Å². The first-order valence-corrected chi connectivity index (χ1v) is 5.16. The lowest BCUT2D eigenvalue weighted by atomic mass is 10.1. The predicted octanol–water partition coefficient (Wildman–Crippen LogP) is 3.51. The van der Waals surface area contributed by atoms with Gasteiger partial charge in [-0.2, -0.15) is 0 Å². The van der Waals surface area contributed by atoms with E-state index < -0.39 is 0 Å². The van der Waals surface area contributed by atoms with E-state index in [2.05, 4.69) is 22.4 Å². The van der Waals surface area contributed by atoms with Crippen molar-refractivity contribution in [2.24, 2.45) is 4.99 Å². The molecule has 0 spiro atoms. The monoisotopic (exact) mass is 201 g/mol. The minimum atomic E-state index is 0.789. The molecule has 0 aliphatic heterocycles. The Morgan fingerprint density at radius 3 is 2.53 bits per heavy atom. The fourth-order valence-electron chi connectivity index (χ4n) is 1.26. The molecular formula is C13H17N2-. The van der Waals surface area contributed by atoms with Gasteiger partial charge in [-0.1, -0.05) is 43.3 Å². The van der Waals surface area contributed by atoms with Crippen LogP contribution in [0.3, 0.4) is 0 Å². The molecule has 2 nitrogen and oxygen atoms in total. The largest absolute Gasteiger partial charge is 0.684 e. The Kier molecular flexibility index (Phi) is 4.61. The quantitative estimate of drug-likeness (QED) is 0.666. The van der Waals surface area contributed by atoms with Crippen LogP contribution < -0.4 is 0 Å². The Labute approximate surface area is 91.7 Å². The number of allylic oxidation sites excluding steroid dienone is 1. The average molecular weight is 201 g/mol. The van der Waals surface area contributed by atoms with Gasteiger partial charge in [0.2, 0.25) is 0 Å². The van der Waals surface area contributed by atoms with E-state index in [9.17, 15) is 0 Å². The Hall–Kier alpha value is -1.57. The second kappa shape index (κ2) is 6.02. The van der Waals surface area contributed by atoms with Crippen LogP contribution >= 0.6 is 0 Å². The maximum Gasteiger partial charge on any atom is 0.0301 e. The van der Waals surface area contributed by atoms with Gasteiger partial charge in [0, 0.05) is 12.8 Å². The van der Waals surface area contributed by atoms with E-state index >= 15 is 0 Å². The van der Waals surface area contributed by atoms with Gasteiger partial charge in [-0.25, -0.2) is 0 Å². The van der Waals surface area contributed by atoms with E-state index in [-0.39, 0.29) is 0 Å². The summed E-state index contributed by atoms with van der Waals surface area (Å²) in [4.78, 5) is 4.12. The number of hydrogen-bond donors (Lipinski definition) is 0. The van der Waals surface area contributed by atoms with Crippen molar-refractivity contribution in [2.45, 2.75) is 13.8 Å². The number of benzene rings is 1. The fraction of sp³-hybridized carbons (Fsp3) is 0.308. The van der Waals surface area contributed by atoms with E-state index in [1.54, 1.807) is 7.05 Å². The van der Waals surface area contributed by atoms with Crippen molar-refractivity contribution in [2.75, 3.05) is 13.6 Å². The molecule has 0 aliphatic carbocycles. The van der Waals surface area contributed by atoms with Crippen LogP contribution in [0, 0.1) is 0 Å². The standard InChI is InChI=1S/C13H17N2/c1-4-15-13(10-11(2)14-3)12-8-6-5-7-9-12/h5-10H,4H2,1-3H3/q-1/b13-10-,14-11?. The van der Waals surface area contributed by atoms with Crippen molar-refractivity contribution in [3.63, 3.8) is 0 Å². The molecule has 15 heavy (non-hydrogen) atoms. The molecule has 0 unspecified atom stereocenters. The molecule has 2 heteroatoms. The number of hydrogen-bond acceptors (Lipinski definition) is 1. The zero-order valence-electron chi connectivity index (χ0n) is 9.57. The zero-order valence-corrected chi connectivity index (χ0v) is 9.57. The first-order valence-electron chi connectivity index (χ1n) is 5.16. The number of nitrogens with zero attached hydrogens (tertiary/aromatic N) is 2. The minimum absolute atomic E-state index is 0.789. The fourth-order valence-corrected chi connectivity index (χ4v) is 1.26. The van der Waals surface area contributed by atoms with E-state index in [1.165, 1.54) is 0 Å². The Balaban J connectivity index is 2.98. The van der Waals surface area contributed by atoms with Crippen LogP contribution in [0.25, 0.3) is 11.0 Å². The molecule has 0 heterocycles. The minimum Gasteiger partial charge on any atom is -0.684 e. The van der Waals surface area contributed by atoms with E-state index in [0.717, 1.165) is 23.5 Å². The van der Waals surface area contributed by atoms with Gasteiger partial charge in [-0.15, -0.1) is 12.2 Å². The third-order valence-electron chi connectivity index (χ3n) is 2.10. The highest BCUT2D eigenvalue weighted by Crippen LogP contribution is 2.19. The smallest absolute Gasteiger partial charge is 0.0301 e. The van der Waals surface area contributed by atoms with Crippen LogP contribution in [-0.2, 0) is 0 Å². The molecule has 0 atom stereocenters. The van der Waals surface area contributed by atoms with Crippen molar-refractivity contribution in [3.8, 4) is 0 Å². The third kappa shape index (κ3) is 3.58. The Morgan fingerprint density at radius 1 is 1.33 bits per heavy atom. The lowest BCUT2D eigenvalue weighted by molar-refractivity contribution is 1.29. The molecule has 0 aliphatic rings. The molecule has 0 bridgehead atoms. The molecule has 1 aromatic carbocycles. The summed E-state index contributed by atoms with van der Waals surface area (Å²) in [7, 11) is 1.79. The number of rotatable bonds is 4. The second-order valence-corrected chi connectivity index (χ2v) is 3.23. The topological polar surface area (TPSA) is 26.5 Å². The van der Waals surface area contributed by atoms with Crippen LogP contribution in [0.15, 0.2) is 41.4 Å². The van der Waals surface area contributed by atoms with Gasteiger partial charge in [0.25, 0.3) is 0 Å². The third-order valence-corrected chi connectivity index (χ3v) is 2.10. The summed E-state index contributed by atoms with van der Waals surface area (Å²) in [5.41, 5.74) is 3.13. The number of aliphatic imine (C=N–C) groups is 1. The molecule has 0 fully saturated rings. The van der Waals surface area contributed by atoms with Crippen molar-refractivity contribution < 1.29 is 0 Å². The maximum absolute atomic E-state index is 4.46. The Morgan fingerprint density at radius 2 is 2.00 bits per heavy atom. The summed E-state index contributed by atoms with van der Waals surface area (Å²) in [6, 6.07) is 10.2. The molecule has 0 saturated carbocycles. The van der Waals surface area contributed by atoms with E-state index in [1.807, 2.05) is 38.1 Å². The summed E-state index contributed by atoms with van der Waals surface area (Å²) >= 11 is 0. The Bertz CT molecular complexity index is 350. The van der Waals surface area contributed by atoms with Gasteiger partial charge >= 0.3 is 0 Å². The van der Waals surface area contributed by atoms with Crippen LogP contribution in [-0.4, -0.2) is 19.3 Å². The molecule has 0 amide bonds. The molecule has 0 aromatic heterocycles. The second-order valence-electron chi connectivity index (χ2n) is 3.23. The van der Waals surface area contributed by atoms with Crippen LogP contribution in [0.4, 0.5) is 0 Å². The van der Waals surface area contributed by atoms with Gasteiger partial charge in [-0.3, -0.25) is 4.99 Å². The molecular weight excluding hydrogens is 184 g/mol. The molecule has 0 saturated heterocycles. The van der Waals surface area contributed by atoms with Crippen molar-refractivity contribution >= 4 is 11.4 Å². The summed E-state index contributed by atoms with van der Waals surface area (Å²) in [5, 5.41) is 4.46. The van der Waals surface area contributed by atoms with Gasteiger partial charge in [-0.05, 0) is 12.5 Å². The lowest BCUT2D eigenvalue weighted by Crippen LogP contribution is -1.90. The lowest BCUT2D eigenvalue weighted by Gasteiger charge is -2.23. The normalized spacial score (nSPS) is 12.7. The summed E-state index contributed by atoms with van der Waals surface area (Å²) in [6.07, 6.45) is 2.01. The van der Waals surface area contributed by atoms with Crippen molar-refractivity contribution in [1.29, 1.82) is 0 Å². The van der Waals surface area contributed by atoms with Crippen LogP contribution in [0.2, 0.25) is 0 Å². The van der Waals surface area contributed by atoms with E-state index in [4.69, 9.17) is 0 Å². The summed E-state index contributed by atoms with van der Waals surface area (Å²) < 4.78 is 0. The summed E-state index contributed by atoms with van der Waals surface area (Å²) in [6.45, 7) is 4.81. The first-order chi connectivity index (χ1) is 7.27. The highest BCUT2D eigenvalue weighted by atomic mass is 14.9. The molecule has 1 aromatic rings. The zero-order chi connectivity index (χ0) is 11.1. The van der Waals surface area contributed by atoms with Crippen molar-refractivity contribution in [3.05, 3.63) is 47.3 Å². The van der Waals surface area contributed by atoms with Gasteiger partial charge < -0.3 is 5.32 Å². The highest BCUT2D eigenvalue weighted by Gasteiger charge is 1.90. The first kappa shape index (κ1) is 11.5. The molecule has 80 valence electrons. The average Bonchev–Trinajstić information content (AvgIpc) is 2.29. The predicted molar refractivity (Wildman–Crippen MR) is 67.4 cm³/mol. The SMILES string of the molecule is CC[N-]/C(=C\C(C)=NC)c1ccccc1. The molecule has 0 N–H and O–H groups in total. The van der Waals surface area contributed by atoms with Gasteiger partial charge in [0.05, 0.1) is 0 Å². The maximum atomic E-state index is 4.46. The highest BCUT2D eigenvalue weighted by molar-refractivity contribution is 6.00. The van der Waals surface area contributed by atoms with Gasteiger partial charge in [0.15, 0.2) is 0 Å². The molecule has 1 rings (SSSR count). The summed E-state index contributed by atoms with van der Waals surface area (Å²) in [5.74, 6) is 0. The van der Waals surface area contributed by atoms with E-state index in [0.29, 0.717) is 0 Å². The van der Waals surface area contributed by atoms with Gasteiger partial charge in [0.1, 0.15) is 0 Å². The van der Waals surface area contributed by atoms with Crippen LogP contribution in [0.1, 0.15) is 19.4 Å². The molecule has 0 radical (unpaired) electrons. The van der Waals surface area contributed by atoms with Crippen molar-refractivity contribution in [1.82, 2.24) is 0 Å².